The number of nitrogens with zero attached hydrogens (tertiary/aromatic N) is 2. The smallest absolute Gasteiger partial charge is 0.416 e. The van der Waals surface area contributed by atoms with Crippen LogP contribution >= 0.6 is 0 Å². The molecule has 1 saturated heterocycles. The second-order valence-corrected chi connectivity index (χ2v) is 10.0. The number of carbonyl (C=O) groups excluding carboxylic acids is 2. The van der Waals surface area contributed by atoms with Crippen molar-refractivity contribution in [2.45, 2.75) is 45.0 Å². The number of benzene rings is 3. The van der Waals surface area contributed by atoms with Gasteiger partial charge in [0, 0.05) is 41.6 Å². The Balaban J connectivity index is 1.58. The molecule has 0 saturated carbocycles. The molecule has 1 unspecified atom stereocenters. The first-order valence-electron chi connectivity index (χ1n) is 13.2. The summed E-state index contributed by atoms with van der Waals surface area (Å²) in [4.78, 5) is 28.6. The zero-order valence-electron chi connectivity index (χ0n) is 22.5. The van der Waals surface area contributed by atoms with E-state index in [1.165, 1.54) is 25.3 Å². The first-order valence-corrected chi connectivity index (χ1v) is 13.2. The van der Waals surface area contributed by atoms with Gasteiger partial charge in [-0.2, -0.15) is 13.2 Å². The van der Waals surface area contributed by atoms with Crippen LogP contribution in [0.3, 0.4) is 0 Å². The van der Waals surface area contributed by atoms with Crippen molar-refractivity contribution in [2.75, 3.05) is 23.5 Å². The maximum Gasteiger partial charge on any atom is 0.416 e. The fourth-order valence-electron chi connectivity index (χ4n) is 5.18. The van der Waals surface area contributed by atoms with Gasteiger partial charge in [0.25, 0.3) is 0 Å². The van der Waals surface area contributed by atoms with Gasteiger partial charge in [-0.3, -0.25) is 4.79 Å². The Morgan fingerprint density at radius 2 is 1.76 bits per heavy atom. The van der Waals surface area contributed by atoms with Gasteiger partial charge in [0.15, 0.2) is 0 Å². The number of anilines is 2. The molecule has 1 atom stereocenters. The lowest BCUT2D eigenvalue weighted by Gasteiger charge is -2.31. The normalized spacial score (nSPS) is 17.2. The first kappa shape index (κ1) is 28.2. The molecule has 2 heterocycles. The number of hydrogen-bond acceptors (Lipinski definition) is 5. The Hall–Kier alpha value is -4.34. The van der Waals surface area contributed by atoms with Crippen LogP contribution in [0, 0.1) is 5.82 Å². The lowest BCUT2D eigenvalue weighted by atomic mass is 10.0. The zero-order chi connectivity index (χ0) is 29.3. The average Bonchev–Trinajstić information content (AvgIpc) is 3.56. The Kier molecular flexibility index (Phi) is 7.75. The van der Waals surface area contributed by atoms with Crippen LogP contribution in [0.5, 0.6) is 5.75 Å². The quantitative estimate of drug-likeness (QED) is 0.228. The van der Waals surface area contributed by atoms with Crippen LogP contribution in [-0.4, -0.2) is 31.6 Å². The molecule has 0 aromatic heterocycles. The predicted octanol–water partition coefficient (Wildman–Crippen LogP) is 6.98. The maximum absolute atomic E-state index is 13.8. The molecule has 1 amide bonds. The molecule has 10 heteroatoms. The number of alkyl halides is 3. The van der Waals surface area contributed by atoms with Crippen LogP contribution in [0.4, 0.5) is 28.9 Å². The van der Waals surface area contributed by atoms with Crippen molar-refractivity contribution < 1.29 is 36.6 Å². The summed E-state index contributed by atoms with van der Waals surface area (Å²) in [5.41, 5.74) is 1.76. The minimum absolute atomic E-state index is 0.0144. The maximum atomic E-state index is 13.8. The number of methoxy groups -OCH3 is 1. The van der Waals surface area contributed by atoms with Crippen LogP contribution in [0.2, 0.25) is 0 Å². The highest BCUT2D eigenvalue weighted by molar-refractivity contribution is 5.99. The van der Waals surface area contributed by atoms with E-state index in [0.717, 1.165) is 12.1 Å². The first-order chi connectivity index (χ1) is 19.5. The lowest BCUT2D eigenvalue weighted by Crippen LogP contribution is -2.28. The Bertz CT molecular complexity index is 1500. The van der Waals surface area contributed by atoms with Crippen molar-refractivity contribution in [3.63, 3.8) is 0 Å². The molecule has 214 valence electrons. The third-order valence-electron chi connectivity index (χ3n) is 7.23. The van der Waals surface area contributed by atoms with Crippen LogP contribution < -0.4 is 14.5 Å². The number of rotatable bonds is 7. The summed E-state index contributed by atoms with van der Waals surface area (Å²) in [7, 11) is 1.26. The van der Waals surface area contributed by atoms with Gasteiger partial charge in [-0.1, -0.05) is 18.2 Å². The van der Waals surface area contributed by atoms with Crippen molar-refractivity contribution in [1.82, 2.24) is 0 Å². The van der Waals surface area contributed by atoms with E-state index in [-0.39, 0.29) is 35.4 Å². The monoisotopic (exact) mass is 568 g/mol. The van der Waals surface area contributed by atoms with Gasteiger partial charge < -0.3 is 19.3 Å². The fourth-order valence-corrected chi connectivity index (χ4v) is 5.18. The number of carbonyl (C=O) groups is 2. The second-order valence-electron chi connectivity index (χ2n) is 10.0. The molecule has 3 aromatic rings. The number of amides is 1. The molecule has 5 rings (SSSR count). The molecule has 0 radical (unpaired) electrons. The zero-order valence-corrected chi connectivity index (χ0v) is 22.5. The summed E-state index contributed by atoms with van der Waals surface area (Å²) in [5.74, 6) is -0.863. The van der Waals surface area contributed by atoms with Crippen LogP contribution in [-0.2, 0) is 22.3 Å². The number of esters is 1. The van der Waals surface area contributed by atoms with Crippen molar-refractivity contribution >= 4 is 28.9 Å². The molecule has 0 bridgehead atoms. The molecule has 3 aromatic carbocycles. The summed E-state index contributed by atoms with van der Waals surface area (Å²) in [6.07, 6.45) is -1.17. The summed E-state index contributed by atoms with van der Waals surface area (Å²) in [5, 5.41) is 0. The second kappa shape index (κ2) is 11.3. The molecule has 0 aliphatic carbocycles. The molecule has 0 spiro atoms. The summed E-state index contributed by atoms with van der Waals surface area (Å²) in [6, 6.07) is 13.7. The van der Waals surface area contributed by atoms with E-state index >= 15 is 0 Å². The predicted molar refractivity (Wildman–Crippen MR) is 146 cm³/mol. The number of halogens is 4. The highest BCUT2D eigenvalue weighted by atomic mass is 19.4. The molecule has 0 N–H and O–H groups in total. The Labute approximate surface area is 234 Å². The van der Waals surface area contributed by atoms with E-state index in [9.17, 15) is 27.2 Å². The van der Waals surface area contributed by atoms with E-state index in [1.807, 2.05) is 17.9 Å². The van der Waals surface area contributed by atoms with Gasteiger partial charge in [-0.15, -0.1) is 0 Å². The van der Waals surface area contributed by atoms with Gasteiger partial charge in [-0.25, -0.2) is 9.18 Å². The van der Waals surface area contributed by atoms with Crippen LogP contribution in [0.25, 0.3) is 5.70 Å². The molecule has 1 fully saturated rings. The van der Waals surface area contributed by atoms with E-state index in [4.69, 9.17) is 9.47 Å². The van der Waals surface area contributed by atoms with Crippen molar-refractivity contribution in [1.29, 1.82) is 0 Å². The lowest BCUT2D eigenvalue weighted by molar-refractivity contribution is -0.137. The number of hydrogen-bond donors (Lipinski definition) is 0. The van der Waals surface area contributed by atoms with Crippen LogP contribution in [0.15, 0.2) is 66.7 Å². The van der Waals surface area contributed by atoms with Crippen LogP contribution in [0.1, 0.15) is 53.2 Å². The van der Waals surface area contributed by atoms with Crippen molar-refractivity contribution in [3.8, 4) is 5.75 Å². The van der Waals surface area contributed by atoms with Crippen molar-refractivity contribution in [2.24, 2.45) is 0 Å². The standard InChI is InChI=1S/C31H28F4N2O4/c1-19-5-11-27(37(19)25-15-21(30(39)40-2)14-24(17-25)36-13-3-4-29(36)38)26-16-22(31(33,34)35)8-12-28(26)41-18-20-6-9-23(32)10-7-20/h6-12,14-17,19H,3-5,13,18H2,1-2H3. The molecular formula is C31H28F4N2O4. The highest BCUT2D eigenvalue weighted by Gasteiger charge is 2.34. The third-order valence-corrected chi connectivity index (χ3v) is 7.23. The van der Waals surface area contributed by atoms with E-state index in [1.54, 1.807) is 35.2 Å². The van der Waals surface area contributed by atoms with Gasteiger partial charge in [0.2, 0.25) is 5.91 Å². The van der Waals surface area contributed by atoms with Crippen molar-refractivity contribution in [3.05, 3.63) is 94.8 Å². The number of ether oxygens (including phenoxy) is 2. The Morgan fingerprint density at radius 3 is 2.41 bits per heavy atom. The fraction of sp³-hybridized carbons (Fsp3) is 0.290. The van der Waals surface area contributed by atoms with Gasteiger partial charge in [-0.05, 0) is 73.9 Å². The molecule has 2 aliphatic rings. The van der Waals surface area contributed by atoms with E-state index in [0.29, 0.717) is 48.4 Å². The average molecular weight is 569 g/mol. The molecule has 6 nitrogen and oxygen atoms in total. The van der Waals surface area contributed by atoms with Gasteiger partial charge in [0.05, 0.1) is 18.2 Å². The highest BCUT2D eigenvalue weighted by Crippen LogP contribution is 2.43. The minimum Gasteiger partial charge on any atom is -0.488 e. The third kappa shape index (κ3) is 5.91. The molecule has 2 aliphatic heterocycles. The topological polar surface area (TPSA) is 59.1 Å². The SMILES string of the molecule is COC(=O)c1cc(N2CCCC2=O)cc(N2C(c3cc(C(F)(F)F)ccc3OCc3ccc(F)cc3)=CCC2C)c1. The minimum atomic E-state index is -4.59. The van der Waals surface area contributed by atoms with E-state index < -0.39 is 23.5 Å². The van der Waals surface area contributed by atoms with E-state index in [2.05, 4.69) is 0 Å². The van der Waals surface area contributed by atoms with Gasteiger partial charge in [0.1, 0.15) is 18.2 Å². The summed E-state index contributed by atoms with van der Waals surface area (Å²) in [6.45, 7) is 2.43. The largest absolute Gasteiger partial charge is 0.488 e. The summed E-state index contributed by atoms with van der Waals surface area (Å²) < 4.78 is 65.7. The summed E-state index contributed by atoms with van der Waals surface area (Å²) >= 11 is 0. The Morgan fingerprint density at radius 1 is 1.02 bits per heavy atom. The molecule has 41 heavy (non-hydrogen) atoms. The molecular weight excluding hydrogens is 540 g/mol. The van der Waals surface area contributed by atoms with Gasteiger partial charge >= 0.3 is 12.1 Å².